The van der Waals surface area contributed by atoms with E-state index in [1.54, 1.807) is 24.9 Å². The van der Waals surface area contributed by atoms with Crippen LogP contribution in [0.4, 0.5) is 5.82 Å². The Bertz CT molecular complexity index is 927. The van der Waals surface area contributed by atoms with Gasteiger partial charge in [-0.25, -0.2) is 20.0 Å². The van der Waals surface area contributed by atoms with Crippen LogP contribution in [0.3, 0.4) is 0 Å². The average Bonchev–Trinajstić information content (AvgIpc) is 3.13. The quantitative estimate of drug-likeness (QED) is 0.299. The monoisotopic (exact) mass is 488 g/mol. The maximum atomic E-state index is 13.4. The molecule has 13 heteroatoms. The van der Waals surface area contributed by atoms with Crippen molar-refractivity contribution in [3.8, 4) is 0 Å². The first-order chi connectivity index (χ1) is 15.1. The predicted octanol–water partition coefficient (Wildman–Crippen LogP) is 2.66. The zero-order valence-electron chi connectivity index (χ0n) is 19.2. The van der Waals surface area contributed by atoms with Gasteiger partial charge >= 0.3 is 0 Å². The molecule has 0 aromatic carbocycles. The summed E-state index contributed by atoms with van der Waals surface area (Å²) in [6.07, 6.45) is 3.04. The Morgan fingerprint density at radius 1 is 1.25 bits per heavy atom. The molecule has 0 bridgehead atoms. The van der Waals surface area contributed by atoms with Crippen molar-refractivity contribution >= 4 is 41.4 Å². The average molecular weight is 489 g/mol. The lowest BCUT2D eigenvalue weighted by atomic mass is 10.4. The minimum Gasteiger partial charge on any atom is -0.385 e. The number of ether oxygens (including phenoxy) is 2. The molecule has 0 amide bonds. The molecule has 11 nitrogen and oxygen atoms in total. The molecule has 0 spiro atoms. The third-order valence-electron chi connectivity index (χ3n) is 4.30. The number of nitrogens with two attached hydrogens (primary N) is 1. The van der Waals surface area contributed by atoms with Crippen molar-refractivity contribution < 1.29 is 23.4 Å². The van der Waals surface area contributed by atoms with Crippen molar-refractivity contribution in [2.75, 3.05) is 32.4 Å². The summed E-state index contributed by atoms with van der Waals surface area (Å²) in [4.78, 5) is 24.7. The van der Waals surface area contributed by atoms with Crippen LogP contribution >= 0.6 is 19.3 Å². The van der Waals surface area contributed by atoms with Gasteiger partial charge in [0.15, 0.2) is 11.5 Å². The minimum absolute atomic E-state index is 0.101. The molecule has 2 aromatic rings. The lowest BCUT2D eigenvalue weighted by molar-refractivity contribution is -0.112. The SMILES string of the molecule is COCCCOP(=O)(CO[C@H](C)Cn1cnc2c(N)ncnc21)N[C@@H](C)C(=O)SC(C)C. The van der Waals surface area contributed by atoms with Crippen molar-refractivity contribution in [2.24, 2.45) is 0 Å². The van der Waals surface area contributed by atoms with E-state index in [9.17, 15) is 9.36 Å². The van der Waals surface area contributed by atoms with Crippen LogP contribution in [0.1, 0.15) is 34.1 Å². The first-order valence-corrected chi connectivity index (χ1v) is 13.1. The molecular formula is C19H33N6O5PS. The van der Waals surface area contributed by atoms with Crippen LogP contribution in [0.2, 0.25) is 0 Å². The van der Waals surface area contributed by atoms with Gasteiger partial charge in [0.2, 0.25) is 5.12 Å². The summed E-state index contributed by atoms with van der Waals surface area (Å²) in [5.41, 5.74) is 6.94. The number of carbonyl (C=O) groups is 1. The summed E-state index contributed by atoms with van der Waals surface area (Å²) >= 11 is 1.19. The van der Waals surface area contributed by atoms with Crippen molar-refractivity contribution in [3.63, 3.8) is 0 Å². The molecule has 0 fully saturated rings. The zero-order valence-corrected chi connectivity index (χ0v) is 20.9. The highest BCUT2D eigenvalue weighted by atomic mass is 32.2. The molecule has 2 heterocycles. The van der Waals surface area contributed by atoms with Gasteiger partial charge in [0.25, 0.3) is 7.52 Å². The van der Waals surface area contributed by atoms with E-state index in [0.717, 1.165) is 0 Å². The van der Waals surface area contributed by atoms with Crippen molar-refractivity contribution in [1.29, 1.82) is 0 Å². The lowest BCUT2D eigenvalue weighted by Crippen LogP contribution is -2.33. The minimum atomic E-state index is -3.45. The topological polar surface area (TPSA) is 143 Å². The predicted molar refractivity (Wildman–Crippen MR) is 126 cm³/mol. The molecular weight excluding hydrogens is 455 g/mol. The Kier molecular flexibility index (Phi) is 10.5. The van der Waals surface area contributed by atoms with Gasteiger partial charge in [0.05, 0.1) is 31.6 Å². The summed E-state index contributed by atoms with van der Waals surface area (Å²) in [6.45, 7) is 8.49. The number of hydrogen-bond acceptors (Lipinski definition) is 10. The molecule has 0 aliphatic rings. The number of anilines is 1. The maximum Gasteiger partial charge on any atom is 0.295 e. The van der Waals surface area contributed by atoms with Gasteiger partial charge in [0, 0.05) is 19.0 Å². The van der Waals surface area contributed by atoms with Gasteiger partial charge < -0.3 is 24.3 Å². The second kappa shape index (κ2) is 12.6. The number of aromatic nitrogens is 4. The fourth-order valence-electron chi connectivity index (χ4n) is 2.80. The van der Waals surface area contributed by atoms with Crippen LogP contribution in [-0.2, 0) is 29.9 Å². The highest BCUT2D eigenvalue weighted by Crippen LogP contribution is 2.44. The largest absolute Gasteiger partial charge is 0.385 e. The Balaban J connectivity index is 2.01. The third-order valence-corrected chi connectivity index (χ3v) is 7.23. The normalized spacial score (nSPS) is 15.7. The molecule has 0 saturated carbocycles. The second-order valence-electron chi connectivity index (χ2n) is 7.62. The van der Waals surface area contributed by atoms with Crippen molar-refractivity contribution in [2.45, 2.75) is 58.1 Å². The smallest absolute Gasteiger partial charge is 0.295 e. The number of fused-ring (bicyclic) bond motifs is 1. The number of nitrogens with zero attached hydrogens (tertiary/aromatic N) is 4. The van der Waals surface area contributed by atoms with Crippen LogP contribution in [-0.4, -0.2) is 68.7 Å². The van der Waals surface area contributed by atoms with E-state index < -0.39 is 13.6 Å². The van der Waals surface area contributed by atoms with E-state index in [4.69, 9.17) is 19.7 Å². The van der Waals surface area contributed by atoms with E-state index >= 15 is 0 Å². The van der Waals surface area contributed by atoms with E-state index in [-0.39, 0.29) is 29.4 Å². The Hall–Kier alpha value is -1.56. The number of rotatable bonds is 14. The molecule has 3 N–H and O–H groups in total. The number of nitrogens with one attached hydrogen (secondary N) is 1. The van der Waals surface area contributed by atoms with E-state index in [0.29, 0.717) is 36.6 Å². The molecule has 2 rings (SSSR count). The summed E-state index contributed by atoms with van der Waals surface area (Å²) < 4.78 is 31.7. The van der Waals surface area contributed by atoms with Crippen molar-refractivity contribution in [3.05, 3.63) is 12.7 Å². The van der Waals surface area contributed by atoms with Gasteiger partial charge in [-0.1, -0.05) is 25.6 Å². The summed E-state index contributed by atoms with van der Waals surface area (Å²) in [5.74, 6) is 0.304. The fourth-order valence-corrected chi connectivity index (χ4v) is 5.42. The van der Waals surface area contributed by atoms with E-state index in [1.165, 1.54) is 18.1 Å². The molecule has 1 unspecified atom stereocenters. The number of thioether (sulfide) groups is 1. The molecule has 3 atom stereocenters. The molecule has 180 valence electrons. The van der Waals surface area contributed by atoms with Crippen LogP contribution < -0.4 is 10.8 Å². The number of methoxy groups -OCH3 is 1. The zero-order chi connectivity index (χ0) is 23.7. The van der Waals surface area contributed by atoms with Gasteiger partial charge in [-0.3, -0.25) is 9.36 Å². The number of carbonyl (C=O) groups excluding carboxylic acids is 1. The summed E-state index contributed by atoms with van der Waals surface area (Å²) in [5, 5.41) is 2.90. The van der Waals surface area contributed by atoms with Crippen LogP contribution in [0, 0.1) is 0 Å². The number of nitrogen functional groups attached to an aromatic ring is 1. The van der Waals surface area contributed by atoms with Gasteiger partial charge in [-0.05, 0) is 20.3 Å². The maximum absolute atomic E-state index is 13.4. The molecule has 0 saturated heterocycles. The molecule has 0 aliphatic heterocycles. The molecule has 2 aromatic heterocycles. The van der Waals surface area contributed by atoms with Gasteiger partial charge in [-0.15, -0.1) is 0 Å². The Labute approximate surface area is 192 Å². The molecule has 32 heavy (non-hydrogen) atoms. The van der Waals surface area contributed by atoms with Gasteiger partial charge in [0.1, 0.15) is 18.2 Å². The van der Waals surface area contributed by atoms with Crippen LogP contribution in [0.15, 0.2) is 12.7 Å². The number of imidazole rings is 1. The van der Waals surface area contributed by atoms with Crippen LogP contribution in [0.25, 0.3) is 11.2 Å². The van der Waals surface area contributed by atoms with Crippen LogP contribution in [0.5, 0.6) is 0 Å². The second-order valence-corrected chi connectivity index (χ2v) is 11.3. The van der Waals surface area contributed by atoms with Crippen molar-refractivity contribution in [1.82, 2.24) is 24.6 Å². The summed E-state index contributed by atoms with van der Waals surface area (Å²) in [7, 11) is -1.86. The van der Waals surface area contributed by atoms with Gasteiger partial charge in [-0.2, -0.15) is 0 Å². The Morgan fingerprint density at radius 3 is 2.69 bits per heavy atom. The Morgan fingerprint density at radius 2 is 2.00 bits per heavy atom. The lowest BCUT2D eigenvalue weighted by Gasteiger charge is -2.25. The van der Waals surface area contributed by atoms with E-state index in [2.05, 4.69) is 20.0 Å². The first kappa shape index (κ1) is 26.7. The first-order valence-electron chi connectivity index (χ1n) is 10.4. The molecule has 0 radical (unpaired) electrons. The summed E-state index contributed by atoms with van der Waals surface area (Å²) in [6, 6.07) is -0.646. The molecule has 0 aliphatic carbocycles. The third kappa shape index (κ3) is 8.09. The number of hydrogen-bond donors (Lipinski definition) is 2. The highest BCUT2D eigenvalue weighted by molar-refractivity contribution is 8.14. The van der Waals surface area contributed by atoms with E-state index in [1.807, 2.05) is 20.8 Å². The standard InChI is InChI=1S/C19H33N6O5PS/c1-13(2)32-19(26)15(4)24-31(27,30-8-6-7-28-5)12-29-14(3)9-25-11-23-16-17(20)21-10-22-18(16)25/h10-11,13-15H,6-9,12H2,1-5H3,(H,24,27)(H2,20,21,22)/t14-,15+,31?/m1/s1. The highest BCUT2D eigenvalue weighted by Gasteiger charge is 2.30. The fraction of sp³-hybridized carbons (Fsp3) is 0.684.